The van der Waals surface area contributed by atoms with Crippen LogP contribution < -0.4 is 4.74 Å². The van der Waals surface area contributed by atoms with E-state index in [0.717, 1.165) is 33.6 Å². The molecule has 0 N–H and O–H groups in total. The molecule has 118 valence electrons. The minimum Gasteiger partial charge on any atom is -0.488 e. The molecule has 2 aromatic carbocycles. The first-order valence-electron chi connectivity index (χ1n) is 7.51. The van der Waals surface area contributed by atoms with Crippen molar-refractivity contribution in [3.8, 4) is 5.75 Å². The molecule has 0 amide bonds. The van der Waals surface area contributed by atoms with Crippen LogP contribution in [0.3, 0.4) is 0 Å². The minimum atomic E-state index is -0.355. The van der Waals surface area contributed by atoms with E-state index in [4.69, 9.17) is 21.1 Å². The van der Waals surface area contributed by atoms with Gasteiger partial charge in [0.15, 0.2) is 0 Å². The Morgan fingerprint density at radius 1 is 1.26 bits per heavy atom. The second kappa shape index (κ2) is 6.88. The van der Waals surface area contributed by atoms with Crippen molar-refractivity contribution in [3.63, 3.8) is 0 Å². The molecule has 1 aliphatic heterocycles. The van der Waals surface area contributed by atoms with Gasteiger partial charge in [0, 0.05) is 23.1 Å². The number of hydrogen-bond donors (Lipinski definition) is 0. The van der Waals surface area contributed by atoms with Crippen LogP contribution in [0.4, 0.5) is 0 Å². The molecule has 1 aliphatic rings. The van der Waals surface area contributed by atoms with Crippen LogP contribution in [0, 0.1) is 0 Å². The first-order valence-corrected chi connectivity index (χ1v) is 8.05. The number of rotatable bonds is 3. The van der Waals surface area contributed by atoms with Gasteiger partial charge in [-0.1, -0.05) is 36.4 Å². The fourth-order valence-corrected chi connectivity index (χ4v) is 2.82. The summed E-state index contributed by atoms with van der Waals surface area (Å²) in [6.07, 6.45) is 1.54. The van der Waals surface area contributed by atoms with Gasteiger partial charge < -0.3 is 9.47 Å². The number of halogens is 1. The predicted molar refractivity (Wildman–Crippen MR) is 90.5 cm³/mol. The highest BCUT2D eigenvalue weighted by Crippen LogP contribution is 2.37. The maximum atomic E-state index is 12.0. The Bertz CT molecular complexity index is 765. The summed E-state index contributed by atoms with van der Waals surface area (Å²) in [5, 5.41) is 0. The molecular weight excluding hydrogens is 312 g/mol. The molecule has 2 aromatic rings. The van der Waals surface area contributed by atoms with Crippen LogP contribution in [0.5, 0.6) is 5.75 Å². The third kappa shape index (κ3) is 3.25. The molecule has 0 fully saturated rings. The van der Waals surface area contributed by atoms with E-state index in [1.54, 1.807) is 6.92 Å². The first-order chi connectivity index (χ1) is 11.2. The minimum absolute atomic E-state index is 0.346. The summed E-state index contributed by atoms with van der Waals surface area (Å²) in [7, 11) is 0. The van der Waals surface area contributed by atoms with Crippen molar-refractivity contribution in [2.24, 2.45) is 0 Å². The third-order valence-electron chi connectivity index (χ3n) is 3.73. The lowest BCUT2D eigenvalue weighted by molar-refractivity contribution is -0.137. The highest BCUT2D eigenvalue weighted by Gasteiger charge is 2.20. The van der Waals surface area contributed by atoms with E-state index < -0.39 is 0 Å². The van der Waals surface area contributed by atoms with E-state index in [0.29, 0.717) is 19.1 Å². The van der Waals surface area contributed by atoms with Crippen molar-refractivity contribution in [2.75, 3.05) is 6.61 Å². The van der Waals surface area contributed by atoms with E-state index in [-0.39, 0.29) is 5.97 Å². The molecule has 0 unspecified atom stereocenters. The molecule has 3 nitrogen and oxygen atoms in total. The molecule has 1 heterocycles. The molecule has 4 heteroatoms. The summed E-state index contributed by atoms with van der Waals surface area (Å²) in [6, 6.07) is 13.7. The van der Waals surface area contributed by atoms with Crippen molar-refractivity contribution >= 4 is 23.1 Å². The number of benzene rings is 2. The van der Waals surface area contributed by atoms with Crippen LogP contribution in [0.2, 0.25) is 0 Å². The monoisotopic (exact) mass is 328 g/mol. The number of carbonyl (C=O) groups excluding carboxylic acids is 1. The number of hydrogen-bond acceptors (Lipinski definition) is 3. The summed E-state index contributed by atoms with van der Waals surface area (Å²) in [5.41, 5.74) is 4.68. The number of esters is 1. The van der Waals surface area contributed by atoms with Crippen LogP contribution in [0.1, 0.15) is 29.2 Å². The van der Waals surface area contributed by atoms with Crippen LogP contribution in [-0.4, -0.2) is 12.6 Å². The molecular formula is C19H17ClO3. The normalized spacial score (nSPS) is 14.4. The summed E-state index contributed by atoms with van der Waals surface area (Å²) >= 11 is 5.92. The first kappa shape index (κ1) is 15.6. The Balaban J connectivity index is 2.17. The lowest BCUT2D eigenvalue weighted by atomic mass is 9.93. The second-order valence-corrected chi connectivity index (χ2v) is 5.49. The molecule has 0 spiro atoms. The van der Waals surface area contributed by atoms with Gasteiger partial charge in [-0.2, -0.15) is 0 Å². The predicted octanol–water partition coefficient (Wildman–Crippen LogP) is 4.31. The summed E-state index contributed by atoms with van der Waals surface area (Å²) in [5.74, 6) is 0.794. The lowest BCUT2D eigenvalue weighted by Gasteiger charge is -2.11. The number of ether oxygens (including phenoxy) is 2. The van der Waals surface area contributed by atoms with Crippen LogP contribution in [0.15, 0.2) is 48.5 Å². The van der Waals surface area contributed by atoms with Gasteiger partial charge in [0.1, 0.15) is 12.4 Å². The fraction of sp³-hybridized carbons (Fsp3) is 0.211. The van der Waals surface area contributed by atoms with Gasteiger partial charge in [-0.15, -0.1) is 11.6 Å². The van der Waals surface area contributed by atoms with Crippen LogP contribution in [0.25, 0.3) is 5.57 Å². The molecule has 0 bridgehead atoms. The topological polar surface area (TPSA) is 35.5 Å². The van der Waals surface area contributed by atoms with Gasteiger partial charge in [-0.05, 0) is 29.7 Å². The van der Waals surface area contributed by atoms with Crippen molar-refractivity contribution in [3.05, 3.63) is 70.8 Å². The standard InChI is InChI=1S/C19H17ClO3/c1-2-22-19(21)10-17-15-6-4-3-5-14(15)12-23-18-9-13(11-20)7-8-16(17)18/h3-10H,2,11-12H2,1H3. The highest BCUT2D eigenvalue weighted by atomic mass is 35.5. The molecule has 0 aliphatic carbocycles. The molecule has 23 heavy (non-hydrogen) atoms. The molecule has 3 rings (SSSR count). The summed E-state index contributed by atoms with van der Waals surface area (Å²) < 4.78 is 11.0. The maximum Gasteiger partial charge on any atom is 0.331 e. The highest BCUT2D eigenvalue weighted by molar-refractivity contribution is 6.17. The second-order valence-electron chi connectivity index (χ2n) is 5.22. The summed E-state index contributed by atoms with van der Waals surface area (Å²) in [6.45, 7) is 2.59. The van der Waals surface area contributed by atoms with Crippen molar-refractivity contribution in [1.82, 2.24) is 0 Å². The van der Waals surface area contributed by atoms with Gasteiger partial charge in [0.2, 0.25) is 0 Å². The van der Waals surface area contributed by atoms with E-state index >= 15 is 0 Å². The van der Waals surface area contributed by atoms with Gasteiger partial charge in [-0.25, -0.2) is 4.79 Å². The summed E-state index contributed by atoms with van der Waals surface area (Å²) in [4.78, 5) is 12.0. The van der Waals surface area contributed by atoms with Crippen LogP contribution >= 0.6 is 11.6 Å². The van der Waals surface area contributed by atoms with E-state index in [1.165, 1.54) is 6.08 Å². The Morgan fingerprint density at radius 2 is 2.09 bits per heavy atom. The SMILES string of the molecule is CCOC(=O)C=C1c2ccccc2COc2cc(CCl)ccc21. The number of fused-ring (bicyclic) bond motifs is 2. The Kier molecular flexibility index (Phi) is 4.68. The molecule has 0 atom stereocenters. The maximum absolute atomic E-state index is 12.0. The molecule has 0 saturated carbocycles. The third-order valence-corrected chi connectivity index (χ3v) is 4.04. The molecule has 0 aromatic heterocycles. The average Bonchev–Trinajstić information content (AvgIpc) is 2.72. The quantitative estimate of drug-likeness (QED) is 0.478. The lowest BCUT2D eigenvalue weighted by Crippen LogP contribution is -2.02. The van der Waals surface area contributed by atoms with Crippen molar-refractivity contribution < 1.29 is 14.3 Å². The van der Waals surface area contributed by atoms with Crippen molar-refractivity contribution in [1.29, 1.82) is 0 Å². The zero-order valence-electron chi connectivity index (χ0n) is 12.8. The van der Waals surface area contributed by atoms with Gasteiger partial charge in [-0.3, -0.25) is 0 Å². The number of alkyl halides is 1. The van der Waals surface area contributed by atoms with Gasteiger partial charge in [0.25, 0.3) is 0 Å². The van der Waals surface area contributed by atoms with Crippen molar-refractivity contribution in [2.45, 2.75) is 19.4 Å². The zero-order chi connectivity index (χ0) is 16.2. The molecule has 0 saturated heterocycles. The zero-order valence-corrected chi connectivity index (χ0v) is 13.6. The van der Waals surface area contributed by atoms with E-state index in [2.05, 4.69) is 0 Å². The Labute approximate surface area is 140 Å². The fourth-order valence-electron chi connectivity index (χ4n) is 2.66. The largest absolute Gasteiger partial charge is 0.488 e. The van der Waals surface area contributed by atoms with E-state index in [1.807, 2.05) is 42.5 Å². The molecule has 0 radical (unpaired) electrons. The van der Waals surface area contributed by atoms with E-state index in [9.17, 15) is 4.79 Å². The Hall–Kier alpha value is -2.26. The number of carbonyl (C=O) groups is 1. The average molecular weight is 329 g/mol. The smallest absolute Gasteiger partial charge is 0.331 e. The van der Waals surface area contributed by atoms with Gasteiger partial charge in [0.05, 0.1) is 6.61 Å². The Morgan fingerprint density at radius 3 is 2.87 bits per heavy atom. The van der Waals surface area contributed by atoms with Gasteiger partial charge >= 0.3 is 5.97 Å². The van der Waals surface area contributed by atoms with Crippen LogP contribution in [-0.2, 0) is 22.0 Å².